The minimum atomic E-state index is -1.33. The first-order valence-electron chi connectivity index (χ1n) is 6.92. The fraction of sp³-hybridized carbons (Fsp3) is 0.111. The molecule has 23 heavy (non-hydrogen) atoms. The fourth-order valence-electron chi connectivity index (χ4n) is 1.72. The van der Waals surface area contributed by atoms with Crippen LogP contribution in [0.3, 0.4) is 0 Å². The summed E-state index contributed by atoms with van der Waals surface area (Å²) in [5.41, 5.74) is 1.48. The van der Waals surface area contributed by atoms with E-state index in [1.165, 1.54) is 0 Å². The van der Waals surface area contributed by atoms with Crippen LogP contribution >= 0.6 is 0 Å². The first-order valence-corrected chi connectivity index (χ1v) is 6.92. The van der Waals surface area contributed by atoms with Gasteiger partial charge in [-0.3, -0.25) is 5.32 Å². The molecule has 5 heteroatoms. The summed E-state index contributed by atoms with van der Waals surface area (Å²) in [6.07, 6.45) is -0.830. The molecule has 0 aliphatic rings. The van der Waals surface area contributed by atoms with E-state index in [0.29, 0.717) is 5.56 Å². The summed E-state index contributed by atoms with van der Waals surface area (Å²) in [7, 11) is 0. The number of carbonyl (C=O) groups excluding carboxylic acids is 1. The number of amides is 1. The van der Waals surface area contributed by atoms with Crippen molar-refractivity contribution in [1.29, 1.82) is 0 Å². The SMILES string of the molecule is O=C(NC(C#Cc1ccccc1)C(=O)O)OCc1ccccc1. The van der Waals surface area contributed by atoms with Crippen LogP contribution in [0.1, 0.15) is 11.1 Å². The van der Waals surface area contributed by atoms with E-state index in [1.54, 1.807) is 36.4 Å². The summed E-state index contributed by atoms with van der Waals surface area (Å²) in [6, 6.07) is 16.7. The molecule has 0 heterocycles. The Morgan fingerprint density at radius 2 is 1.65 bits per heavy atom. The molecule has 2 N–H and O–H groups in total. The van der Waals surface area contributed by atoms with Crippen LogP contribution in [0.25, 0.3) is 0 Å². The average molecular weight is 309 g/mol. The van der Waals surface area contributed by atoms with Crippen LogP contribution in [0.2, 0.25) is 0 Å². The van der Waals surface area contributed by atoms with Gasteiger partial charge in [0.1, 0.15) is 6.61 Å². The molecule has 0 aliphatic carbocycles. The lowest BCUT2D eigenvalue weighted by Gasteiger charge is -2.09. The third kappa shape index (κ3) is 5.56. The fourth-order valence-corrected chi connectivity index (χ4v) is 1.72. The summed E-state index contributed by atoms with van der Waals surface area (Å²) in [4.78, 5) is 22.8. The summed E-state index contributed by atoms with van der Waals surface area (Å²) in [5, 5.41) is 11.3. The van der Waals surface area contributed by atoms with Crippen LogP contribution in [0.4, 0.5) is 4.79 Å². The topological polar surface area (TPSA) is 75.6 Å². The number of aliphatic carboxylic acids is 1. The Bertz CT molecular complexity index is 717. The quantitative estimate of drug-likeness (QED) is 0.851. The van der Waals surface area contributed by atoms with Gasteiger partial charge in [-0.15, -0.1) is 0 Å². The normalized spacial score (nSPS) is 10.8. The van der Waals surface area contributed by atoms with Crippen molar-refractivity contribution >= 4 is 12.1 Å². The van der Waals surface area contributed by atoms with Crippen LogP contribution in [0.5, 0.6) is 0 Å². The highest BCUT2D eigenvalue weighted by molar-refractivity contribution is 5.83. The number of benzene rings is 2. The van der Waals surface area contributed by atoms with Crippen molar-refractivity contribution in [3.05, 3.63) is 71.8 Å². The molecule has 2 aromatic carbocycles. The zero-order valence-electron chi connectivity index (χ0n) is 12.2. The number of nitrogens with one attached hydrogen (secondary N) is 1. The minimum Gasteiger partial charge on any atom is -0.479 e. The largest absolute Gasteiger partial charge is 0.479 e. The van der Waals surface area contributed by atoms with Crippen LogP contribution < -0.4 is 5.32 Å². The minimum absolute atomic E-state index is 0.0606. The predicted octanol–water partition coefficient (Wildman–Crippen LogP) is 2.42. The number of ether oxygens (including phenoxy) is 1. The van der Waals surface area contributed by atoms with Crippen molar-refractivity contribution in [2.75, 3.05) is 0 Å². The Labute approximate surface area is 133 Å². The smallest absolute Gasteiger partial charge is 0.408 e. The van der Waals surface area contributed by atoms with Crippen LogP contribution in [-0.2, 0) is 16.1 Å². The lowest BCUT2D eigenvalue weighted by Crippen LogP contribution is -2.40. The molecule has 0 bridgehead atoms. The number of rotatable bonds is 4. The molecule has 0 fully saturated rings. The van der Waals surface area contributed by atoms with E-state index < -0.39 is 18.1 Å². The van der Waals surface area contributed by atoms with E-state index in [4.69, 9.17) is 9.84 Å². The molecular weight excluding hydrogens is 294 g/mol. The molecular formula is C18H15NO4. The van der Waals surface area contributed by atoms with Crippen molar-refractivity contribution in [3.8, 4) is 11.8 Å². The van der Waals surface area contributed by atoms with Gasteiger partial charge < -0.3 is 9.84 Å². The molecule has 1 atom stereocenters. The lowest BCUT2D eigenvalue weighted by atomic mass is 10.2. The molecule has 2 aromatic rings. The molecule has 0 saturated carbocycles. The Morgan fingerprint density at radius 1 is 1.04 bits per heavy atom. The monoisotopic (exact) mass is 309 g/mol. The molecule has 1 unspecified atom stereocenters. The van der Waals surface area contributed by atoms with Crippen molar-refractivity contribution in [2.24, 2.45) is 0 Å². The van der Waals surface area contributed by atoms with Gasteiger partial charge in [0.05, 0.1) is 0 Å². The van der Waals surface area contributed by atoms with E-state index in [9.17, 15) is 9.59 Å². The van der Waals surface area contributed by atoms with Gasteiger partial charge in [-0.25, -0.2) is 9.59 Å². The number of hydrogen-bond donors (Lipinski definition) is 2. The van der Waals surface area contributed by atoms with E-state index in [0.717, 1.165) is 5.56 Å². The molecule has 0 aromatic heterocycles. The van der Waals surface area contributed by atoms with Crippen molar-refractivity contribution in [3.63, 3.8) is 0 Å². The molecule has 0 aliphatic heterocycles. The summed E-state index contributed by atoms with van der Waals surface area (Å²) in [5.74, 6) is 3.96. The predicted molar refractivity (Wildman–Crippen MR) is 84.5 cm³/mol. The highest BCUT2D eigenvalue weighted by Crippen LogP contribution is 2.01. The van der Waals surface area contributed by atoms with Gasteiger partial charge >= 0.3 is 12.1 Å². The second-order valence-electron chi connectivity index (χ2n) is 4.61. The van der Waals surface area contributed by atoms with E-state index in [1.807, 2.05) is 24.3 Å². The molecule has 0 saturated heterocycles. The first kappa shape index (κ1) is 16.1. The highest BCUT2D eigenvalue weighted by Gasteiger charge is 2.18. The molecule has 0 radical (unpaired) electrons. The summed E-state index contributed by atoms with van der Waals surface area (Å²) >= 11 is 0. The standard InChI is InChI=1S/C18H15NO4/c20-17(21)16(12-11-14-7-3-1-4-8-14)19-18(22)23-13-15-9-5-2-6-10-15/h1-10,16H,13H2,(H,19,22)(H,20,21). The van der Waals surface area contributed by atoms with E-state index >= 15 is 0 Å². The Morgan fingerprint density at radius 3 is 2.26 bits per heavy atom. The second kappa shape index (κ2) is 8.25. The van der Waals surface area contributed by atoms with Gasteiger partial charge in [-0.1, -0.05) is 60.4 Å². The molecule has 1 amide bonds. The van der Waals surface area contributed by atoms with Crippen molar-refractivity contribution in [1.82, 2.24) is 5.32 Å². The van der Waals surface area contributed by atoms with Gasteiger partial charge in [-0.05, 0) is 17.7 Å². The number of carbonyl (C=O) groups is 2. The Kier molecular flexibility index (Phi) is 5.78. The maximum absolute atomic E-state index is 11.7. The number of carboxylic acid groups (broad SMARTS) is 1. The van der Waals surface area contributed by atoms with Gasteiger partial charge in [0.25, 0.3) is 0 Å². The maximum atomic E-state index is 11.7. The Balaban J connectivity index is 1.93. The van der Waals surface area contributed by atoms with Gasteiger partial charge in [0.2, 0.25) is 0 Å². The van der Waals surface area contributed by atoms with E-state index in [2.05, 4.69) is 17.2 Å². The highest BCUT2D eigenvalue weighted by atomic mass is 16.5. The van der Waals surface area contributed by atoms with Crippen molar-refractivity contribution in [2.45, 2.75) is 12.6 Å². The van der Waals surface area contributed by atoms with Crippen LogP contribution in [0, 0.1) is 11.8 Å². The van der Waals surface area contributed by atoms with E-state index in [-0.39, 0.29) is 6.61 Å². The van der Waals surface area contributed by atoms with Crippen molar-refractivity contribution < 1.29 is 19.4 Å². The summed E-state index contributed by atoms with van der Waals surface area (Å²) < 4.78 is 4.98. The number of alkyl carbamates (subject to hydrolysis) is 1. The molecule has 116 valence electrons. The van der Waals surface area contributed by atoms with Crippen LogP contribution in [-0.4, -0.2) is 23.2 Å². The number of hydrogen-bond acceptors (Lipinski definition) is 3. The molecule has 2 rings (SSSR count). The van der Waals surface area contributed by atoms with Crippen LogP contribution in [0.15, 0.2) is 60.7 Å². The maximum Gasteiger partial charge on any atom is 0.408 e. The third-order valence-electron chi connectivity index (χ3n) is 2.86. The zero-order chi connectivity index (χ0) is 16.5. The zero-order valence-corrected chi connectivity index (χ0v) is 12.2. The van der Waals surface area contributed by atoms with Gasteiger partial charge in [0.15, 0.2) is 6.04 Å². The third-order valence-corrected chi connectivity index (χ3v) is 2.86. The van der Waals surface area contributed by atoms with Gasteiger partial charge in [0, 0.05) is 5.56 Å². The number of carboxylic acids is 1. The second-order valence-corrected chi connectivity index (χ2v) is 4.61. The Hall–Kier alpha value is -3.26. The van der Waals surface area contributed by atoms with Gasteiger partial charge in [-0.2, -0.15) is 0 Å². The molecule has 0 spiro atoms. The molecule has 5 nitrogen and oxygen atoms in total. The lowest BCUT2D eigenvalue weighted by molar-refractivity contribution is -0.137. The average Bonchev–Trinajstić information content (AvgIpc) is 2.58. The summed E-state index contributed by atoms with van der Waals surface area (Å²) in [6.45, 7) is 0.0606. The first-order chi connectivity index (χ1) is 11.1.